The Balaban J connectivity index is 1.36. The number of amides is 3. The van der Waals surface area contributed by atoms with Gasteiger partial charge in [-0.1, -0.05) is 6.92 Å². The first-order chi connectivity index (χ1) is 15.1. The zero-order valence-electron chi connectivity index (χ0n) is 18.4. The van der Waals surface area contributed by atoms with Gasteiger partial charge in [-0.25, -0.2) is 0 Å². The van der Waals surface area contributed by atoms with Crippen LogP contribution in [0.5, 0.6) is 0 Å². The predicted molar refractivity (Wildman–Crippen MR) is 119 cm³/mol. The molecule has 170 valence electrons. The third kappa shape index (κ3) is 7.04. The van der Waals surface area contributed by atoms with Gasteiger partial charge in [-0.2, -0.15) is 0 Å². The van der Waals surface area contributed by atoms with E-state index >= 15 is 0 Å². The van der Waals surface area contributed by atoms with E-state index in [1.807, 2.05) is 4.90 Å². The first kappa shape index (κ1) is 23.2. The van der Waals surface area contributed by atoms with Gasteiger partial charge in [0, 0.05) is 56.3 Å². The predicted octanol–water partition coefficient (Wildman–Crippen LogP) is 1.73. The number of ether oxygens (including phenoxy) is 1. The van der Waals surface area contributed by atoms with E-state index in [-0.39, 0.29) is 23.6 Å². The molecule has 3 amide bonds. The molecule has 1 aromatic rings. The van der Waals surface area contributed by atoms with Crippen LogP contribution in [0.15, 0.2) is 24.3 Å². The van der Waals surface area contributed by atoms with Gasteiger partial charge in [-0.15, -0.1) is 0 Å². The molecule has 2 fully saturated rings. The van der Waals surface area contributed by atoms with Crippen LogP contribution in [0.3, 0.4) is 0 Å². The van der Waals surface area contributed by atoms with Crippen molar-refractivity contribution in [2.45, 2.75) is 32.6 Å². The minimum atomic E-state index is -0.0551. The van der Waals surface area contributed by atoms with Crippen LogP contribution in [-0.4, -0.2) is 80.0 Å². The van der Waals surface area contributed by atoms with Gasteiger partial charge in [0.2, 0.25) is 11.8 Å². The Hall–Kier alpha value is -2.45. The fraction of sp³-hybridized carbons (Fsp3) is 0.609. The van der Waals surface area contributed by atoms with E-state index < -0.39 is 0 Å². The smallest absolute Gasteiger partial charge is 0.253 e. The average molecular weight is 431 g/mol. The van der Waals surface area contributed by atoms with Crippen molar-refractivity contribution in [3.63, 3.8) is 0 Å². The number of carbonyl (C=O) groups is 3. The summed E-state index contributed by atoms with van der Waals surface area (Å²) < 4.78 is 5.35. The molecule has 0 bridgehead atoms. The van der Waals surface area contributed by atoms with E-state index in [1.165, 1.54) is 0 Å². The lowest BCUT2D eigenvalue weighted by atomic mass is 9.95. The number of hydrogen-bond donors (Lipinski definition) is 2. The maximum absolute atomic E-state index is 12.8. The number of nitrogens with one attached hydrogen (secondary N) is 2. The number of rotatable bonds is 8. The molecule has 8 nitrogen and oxygen atoms in total. The Morgan fingerprint density at radius 3 is 2.35 bits per heavy atom. The number of morpholine rings is 1. The minimum Gasteiger partial charge on any atom is -0.379 e. The van der Waals surface area contributed by atoms with Crippen molar-refractivity contribution in [3.05, 3.63) is 29.8 Å². The van der Waals surface area contributed by atoms with Gasteiger partial charge in [0.1, 0.15) is 0 Å². The molecule has 2 heterocycles. The monoisotopic (exact) mass is 430 g/mol. The maximum Gasteiger partial charge on any atom is 0.253 e. The van der Waals surface area contributed by atoms with Crippen LogP contribution in [0.4, 0.5) is 5.69 Å². The van der Waals surface area contributed by atoms with Crippen molar-refractivity contribution in [3.8, 4) is 0 Å². The van der Waals surface area contributed by atoms with E-state index in [1.54, 1.807) is 31.2 Å². The molecule has 0 spiro atoms. The maximum atomic E-state index is 12.8. The molecule has 8 heteroatoms. The van der Waals surface area contributed by atoms with Gasteiger partial charge < -0.3 is 20.3 Å². The molecule has 0 unspecified atom stereocenters. The minimum absolute atomic E-state index is 0.0286. The van der Waals surface area contributed by atoms with Gasteiger partial charge in [-0.3, -0.25) is 19.3 Å². The van der Waals surface area contributed by atoms with Crippen LogP contribution in [0, 0.1) is 5.92 Å². The number of hydrogen-bond acceptors (Lipinski definition) is 5. The van der Waals surface area contributed by atoms with E-state index in [9.17, 15) is 14.4 Å². The van der Waals surface area contributed by atoms with Crippen molar-refractivity contribution in [1.82, 2.24) is 15.1 Å². The summed E-state index contributed by atoms with van der Waals surface area (Å²) in [6.45, 7) is 8.16. The number of likely N-dealkylation sites (tertiary alicyclic amines) is 1. The fourth-order valence-corrected chi connectivity index (χ4v) is 3.96. The first-order valence-electron chi connectivity index (χ1n) is 11.3. The van der Waals surface area contributed by atoms with Crippen LogP contribution in [-0.2, 0) is 14.3 Å². The Bertz CT molecular complexity index is 738. The van der Waals surface area contributed by atoms with Crippen molar-refractivity contribution in [1.29, 1.82) is 0 Å². The van der Waals surface area contributed by atoms with Crippen molar-refractivity contribution in [2.75, 3.05) is 57.8 Å². The summed E-state index contributed by atoms with van der Waals surface area (Å²) in [7, 11) is 0. The largest absolute Gasteiger partial charge is 0.379 e. The van der Waals surface area contributed by atoms with Crippen LogP contribution in [0.25, 0.3) is 0 Å². The zero-order valence-corrected chi connectivity index (χ0v) is 18.4. The Morgan fingerprint density at radius 2 is 1.71 bits per heavy atom. The highest BCUT2D eigenvalue weighted by Crippen LogP contribution is 2.20. The van der Waals surface area contributed by atoms with E-state index in [0.717, 1.165) is 39.3 Å². The second-order valence-electron chi connectivity index (χ2n) is 8.14. The summed E-state index contributed by atoms with van der Waals surface area (Å²) in [5.74, 6) is -0.0116. The molecule has 2 aliphatic heterocycles. The molecule has 0 aliphatic carbocycles. The lowest BCUT2D eigenvalue weighted by Crippen LogP contribution is -2.43. The van der Waals surface area contributed by atoms with Gasteiger partial charge in [0.15, 0.2) is 0 Å². The molecule has 0 saturated carbocycles. The summed E-state index contributed by atoms with van der Waals surface area (Å²) in [6, 6.07) is 6.97. The first-order valence-corrected chi connectivity index (χ1v) is 11.3. The van der Waals surface area contributed by atoms with Gasteiger partial charge in [-0.05, 0) is 50.1 Å². The lowest BCUT2D eigenvalue weighted by molar-refractivity contribution is -0.126. The number of benzene rings is 1. The molecular formula is C23H34N4O4. The van der Waals surface area contributed by atoms with E-state index in [2.05, 4.69) is 15.5 Å². The summed E-state index contributed by atoms with van der Waals surface area (Å²) >= 11 is 0. The molecule has 1 aromatic carbocycles. The van der Waals surface area contributed by atoms with Crippen LogP contribution in [0.2, 0.25) is 0 Å². The van der Waals surface area contributed by atoms with E-state index in [4.69, 9.17) is 4.74 Å². The highest BCUT2D eigenvalue weighted by molar-refractivity contribution is 5.96. The Labute approximate surface area is 184 Å². The van der Waals surface area contributed by atoms with E-state index in [0.29, 0.717) is 50.1 Å². The number of piperidine rings is 1. The van der Waals surface area contributed by atoms with Crippen LogP contribution in [0.1, 0.15) is 43.0 Å². The number of anilines is 1. The van der Waals surface area contributed by atoms with Gasteiger partial charge in [0.05, 0.1) is 13.2 Å². The molecule has 2 saturated heterocycles. The third-order valence-electron chi connectivity index (χ3n) is 5.94. The number of carbonyl (C=O) groups excluding carboxylic acids is 3. The fourth-order valence-electron chi connectivity index (χ4n) is 3.96. The van der Waals surface area contributed by atoms with Crippen molar-refractivity contribution < 1.29 is 19.1 Å². The highest BCUT2D eigenvalue weighted by atomic mass is 16.5. The van der Waals surface area contributed by atoms with Gasteiger partial charge in [0.25, 0.3) is 5.91 Å². The van der Waals surface area contributed by atoms with Crippen molar-refractivity contribution in [2.24, 2.45) is 5.92 Å². The molecule has 0 atom stereocenters. The highest BCUT2D eigenvalue weighted by Gasteiger charge is 2.27. The summed E-state index contributed by atoms with van der Waals surface area (Å²) in [5, 5.41) is 5.84. The quantitative estimate of drug-likeness (QED) is 0.613. The lowest BCUT2D eigenvalue weighted by Gasteiger charge is -2.31. The Kier molecular flexibility index (Phi) is 8.85. The molecular weight excluding hydrogens is 396 g/mol. The van der Waals surface area contributed by atoms with Crippen molar-refractivity contribution >= 4 is 23.4 Å². The molecule has 2 N–H and O–H groups in total. The average Bonchev–Trinajstić information content (AvgIpc) is 2.82. The molecule has 3 rings (SSSR count). The zero-order chi connectivity index (χ0) is 22.1. The van der Waals surface area contributed by atoms with Gasteiger partial charge >= 0.3 is 0 Å². The topological polar surface area (TPSA) is 91.0 Å². The summed E-state index contributed by atoms with van der Waals surface area (Å²) in [4.78, 5) is 40.9. The Morgan fingerprint density at radius 1 is 1.03 bits per heavy atom. The standard InChI is InChI=1S/C23H34N4O4/c1-2-21(28)25-20-6-4-19(5-7-20)23(30)27-12-8-18(9-13-27)22(29)24-10-3-11-26-14-16-31-17-15-26/h4-7,18H,2-3,8-17H2,1H3,(H,24,29)(H,25,28). The van der Waals surface area contributed by atoms with Crippen LogP contribution >= 0.6 is 0 Å². The summed E-state index contributed by atoms with van der Waals surface area (Å²) in [5.41, 5.74) is 1.29. The second kappa shape index (κ2) is 11.8. The molecule has 2 aliphatic rings. The second-order valence-corrected chi connectivity index (χ2v) is 8.14. The third-order valence-corrected chi connectivity index (χ3v) is 5.94. The normalized spacial score (nSPS) is 17.9. The number of nitrogens with zero attached hydrogens (tertiary/aromatic N) is 2. The SMILES string of the molecule is CCC(=O)Nc1ccc(C(=O)N2CCC(C(=O)NCCCN3CCOCC3)CC2)cc1. The molecule has 0 radical (unpaired) electrons. The summed E-state index contributed by atoms with van der Waals surface area (Å²) in [6.07, 6.45) is 2.73. The van der Waals surface area contributed by atoms with Crippen LogP contribution < -0.4 is 10.6 Å². The molecule has 31 heavy (non-hydrogen) atoms. The molecule has 0 aromatic heterocycles.